The molecule has 0 heterocycles. The third kappa shape index (κ3) is 3.96. The van der Waals surface area contributed by atoms with Crippen molar-refractivity contribution in [1.29, 1.82) is 0 Å². The number of likely N-dealkylation sites (N-methyl/N-ethyl adjacent to an activating group) is 3. The second kappa shape index (κ2) is 10.4. The normalized spacial score (nSPS) is 13.1. The molecular weight excluding hydrogens is 355 g/mol. The molecule has 0 saturated heterocycles. The van der Waals surface area contributed by atoms with Crippen molar-refractivity contribution in [3.63, 3.8) is 0 Å². The van der Waals surface area contributed by atoms with Gasteiger partial charge in [-0.15, -0.1) is 17.0 Å². The monoisotopic (exact) mass is 388 g/mol. The van der Waals surface area contributed by atoms with Crippen molar-refractivity contribution in [3.8, 4) is 0 Å². The van der Waals surface area contributed by atoms with Crippen molar-refractivity contribution in [2.24, 2.45) is 0 Å². The number of rotatable bonds is 10. The fraction of sp³-hybridized carbons (Fsp3) is 1.00. The van der Waals surface area contributed by atoms with Crippen LogP contribution in [0.4, 0.5) is 0 Å². The van der Waals surface area contributed by atoms with Crippen LogP contribution in [0.5, 0.6) is 0 Å². The van der Waals surface area contributed by atoms with Gasteiger partial charge in [0, 0.05) is 14.2 Å². The first-order valence-corrected chi connectivity index (χ1v) is 7.67. The fourth-order valence-electron chi connectivity index (χ4n) is 2.86. The maximum absolute atomic E-state index is 5.79. The number of nitrogens with one attached hydrogen (secondary N) is 1. The summed E-state index contributed by atoms with van der Waals surface area (Å²) in [5.41, 5.74) is 0. The van der Waals surface area contributed by atoms with Gasteiger partial charge in [-0.2, -0.15) is 0 Å². The first kappa shape index (κ1) is 23.9. The van der Waals surface area contributed by atoms with Gasteiger partial charge in [0.15, 0.2) is 0 Å². The summed E-state index contributed by atoms with van der Waals surface area (Å²) >= 11 is 0. The average molecular weight is 389 g/mol. The van der Waals surface area contributed by atoms with Crippen LogP contribution in [0, 0.1) is 0 Å². The predicted molar refractivity (Wildman–Crippen MR) is 97.6 cm³/mol. The third-order valence-corrected chi connectivity index (χ3v) is 4.61. The molecule has 130 valence electrons. The van der Waals surface area contributed by atoms with Gasteiger partial charge in [0.05, 0.1) is 0 Å². The Morgan fingerprint density at radius 3 is 1.29 bits per heavy atom. The maximum atomic E-state index is 5.79. The van der Waals surface area contributed by atoms with Gasteiger partial charge in [0.1, 0.15) is 0 Å². The van der Waals surface area contributed by atoms with E-state index in [1.54, 1.807) is 14.2 Å². The summed E-state index contributed by atoms with van der Waals surface area (Å²) in [6.07, 6.45) is 0. The summed E-state index contributed by atoms with van der Waals surface area (Å²) in [5.74, 6) is -1.59. The van der Waals surface area contributed by atoms with Crippen LogP contribution >= 0.6 is 26.4 Å². The summed E-state index contributed by atoms with van der Waals surface area (Å²) in [6.45, 7) is 8.95. The zero-order chi connectivity index (χ0) is 16.0. The van der Waals surface area contributed by atoms with Gasteiger partial charge in [0.2, 0.25) is 5.79 Å². The molecule has 0 spiro atoms. The van der Waals surface area contributed by atoms with E-state index in [4.69, 9.17) is 9.47 Å². The molecule has 0 aliphatic rings. The van der Waals surface area contributed by atoms with Gasteiger partial charge >= 0.3 is 0 Å². The topological polar surface area (TPSA) is 40.2 Å². The van der Waals surface area contributed by atoms with Crippen molar-refractivity contribution >= 4 is 26.4 Å². The Morgan fingerprint density at radius 1 is 0.857 bits per heavy atom. The molecule has 0 amide bonds. The number of nitrogens with zero attached hydrogens (tertiary/aromatic N) is 3. The van der Waals surface area contributed by atoms with Crippen LogP contribution in [-0.4, -0.2) is 81.4 Å². The largest absolute Gasteiger partial charge is 0.337 e. The molecule has 1 unspecified atom stereocenters. The Kier molecular flexibility index (Phi) is 11.9. The first-order valence-electron chi connectivity index (χ1n) is 7.10. The molecule has 0 fully saturated rings. The van der Waals surface area contributed by atoms with Gasteiger partial charge in [-0.1, -0.05) is 30.2 Å². The lowest BCUT2D eigenvalue weighted by Gasteiger charge is -2.59. The van der Waals surface area contributed by atoms with Gasteiger partial charge in [-0.25, -0.2) is 5.09 Å². The smallest absolute Gasteiger partial charge is 0.278 e. The van der Waals surface area contributed by atoms with Gasteiger partial charge in [0.25, 0.3) is 5.91 Å². The maximum Gasteiger partial charge on any atom is 0.278 e. The van der Waals surface area contributed by atoms with Crippen LogP contribution < -0.4 is 5.09 Å². The second-order valence-corrected chi connectivity index (χ2v) is 5.14. The molecule has 0 aromatic carbocycles. The van der Waals surface area contributed by atoms with E-state index in [0.717, 1.165) is 19.6 Å². The molecule has 0 aromatic heterocycles. The van der Waals surface area contributed by atoms with E-state index in [1.807, 2.05) is 0 Å². The minimum absolute atomic E-state index is 0. The Morgan fingerprint density at radius 2 is 1.14 bits per heavy atom. The Bertz CT molecular complexity index is 248. The van der Waals surface area contributed by atoms with E-state index in [9.17, 15) is 0 Å². The molecular formula is C13H34BrN4O2P. The highest BCUT2D eigenvalue weighted by molar-refractivity contribution is 8.93. The zero-order valence-electron chi connectivity index (χ0n) is 14.8. The lowest BCUT2D eigenvalue weighted by Crippen LogP contribution is -2.81. The summed E-state index contributed by atoms with van der Waals surface area (Å²) in [4.78, 5) is 6.68. The molecule has 1 N–H and O–H groups in total. The van der Waals surface area contributed by atoms with Crippen LogP contribution in [0.3, 0.4) is 0 Å². The van der Waals surface area contributed by atoms with Crippen molar-refractivity contribution in [2.45, 2.75) is 32.5 Å². The number of hydrogen-bond acceptors (Lipinski definition) is 6. The molecule has 0 bridgehead atoms. The van der Waals surface area contributed by atoms with Crippen LogP contribution in [-0.2, 0) is 9.47 Å². The van der Waals surface area contributed by atoms with Crippen LogP contribution in [0.15, 0.2) is 0 Å². The highest BCUT2D eigenvalue weighted by atomic mass is 79.9. The van der Waals surface area contributed by atoms with Gasteiger partial charge in [-0.3, -0.25) is 14.7 Å². The van der Waals surface area contributed by atoms with Gasteiger partial charge in [-0.05, 0) is 40.8 Å². The van der Waals surface area contributed by atoms with E-state index in [-0.39, 0.29) is 17.0 Å². The van der Waals surface area contributed by atoms with Crippen molar-refractivity contribution in [3.05, 3.63) is 0 Å². The minimum atomic E-state index is -1.00. The second-order valence-electron chi connectivity index (χ2n) is 4.85. The van der Waals surface area contributed by atoms with Crippen LogP contribution in [0.1, 0.15) is 20.8 Å². The molecule has 0 saturated carbocycles. The fourth-order valence-corrected chi connectivity index (χ4v) is 3.29. The van der Waals surface area contributed by atoms with Gasteiger partial charge < -0.3 is 9.47 Å². The molecule has 0 aliphatic carbocycles. The highest BCUT2D eigenvalue weighted by Gasteiger charge is 2.60. The van der Waals surface area contributed by atoms with Crippen LogP contribution in [0.25, 0.3) is 0 Å². The lowest BCUT2D eigenvalue weighted by molar-refractivity contribution is -0.360. The Hall–Kier alpha value is 0.670. The third-order valence-electron chi connectivity index (χ3n) is 4.23. The molecule has 0 radical (unpaired) electrons. The van der Waals surface area contributed by atoms with Crippen molar-refractivity contribution in [1.82, 2.24) is 19.8 Å². The molecule has 6 nitrogen and oxygen atoms in total. The summed E-state index contributed by atoms with van der Waals surface area (Å²) < 4.78 is 11.6. The van der Waals surface area contributed by atoms with Crippen molar-refractivity contribution in [2.75, 3.05) is 55.0 Å². The van der Waals surface area contributed by atoms with E-state index in [2.05, 4.69) is 71.1 Å². The highest BCUT2D eigenvalue weighted by Crippen LogP contribution is 2.36. The summed E-state index contributed by atoms with van der Waals surface area (Å²) in [6, 6.07) is 0. The van der Waals surface area contributed by atoms with E-state index in [0.29, 0.717) is 0 Å². The van der Waals surface area contributed by atoms with E-state index in [1.165, 1.54) is 0 Å². The van der Waals surface area contributed by atoms with Crippen molar-refractivity contribution < 1.29 is 9.47 Å². The Labute approximate surface area is 143 Å². The van der Waals surface area contributed by atoms with E-state index >= 15 is 0 Å². The molecule has 0 aliphatic heterocycles. The van der Waals surface area contributed by atoms with Crippen LogP contribution in [0.2, 0.25) is 0 Å². The SMILES string of the molecule is Br.CCN(C)C(N(C)CC)(N(C)CC)C(NP)(OC)OC. The quantitative estimate of drug-likeness (QED) is 0.450. The molecule has 1 atom stereocenters. The molecule has 0 aromatic rings. The summed E-state index contributed by atoms with van der Waals surface area (Å²) in [5, 5.41) is 3.15. The zero-order valence-corrected chi connectivity index (χ0v) is 17.6. The number of halogens is 1. The molecule has 21 heavy (non-hydrogen) atoms. The number of hydrogen-bond donors (Lipinski definition) is 1. The molecule has 8 heteroatoms. The summed E-state index contributed by atoms with van der Waals surface area (Å²) in [7, 11) is 12.1. The van der Waals surface area contributed by atoms with E-state index < -0.39 is 11.7 Å². The molecule has 0 rings (SSSR count). The first-order chi connectivity index (χ1) is 9.38. The lowest BCUT2D eigenvalue weighted by atomic mass is 10.1. The number of ether oxygens (including phenoxy) is 2. The average Bonchev–Trinajstić information content (AvgIpc) is 2.50. The number of methoxy groups -OCH3 is 2. The Balaban J connectivity index is 0. The minimum Gasteiger partial charge on any atom is -0.337 e. The predicted octanol–water partition coefficient (Wildman–Crippen LogP) is 1.40. The standard InChI is InChI=1S/C13H33N4O2P.BrH/c1-9-15(4)13(16(5)10-2,17(6)11-3)12(14-20,18-7)19-8;/h14H,9-11,20H2,1-8H3;1H.